The summed E-state index contributed by atoms with van der Waals surface area (Å²) in [4.78, 5) is 16.5. The van der Waals surface area contributed by atoms with E-state index in [1.54, 1.807) is 0 Å². The average molecular weight is 305 g/mol. The molecule has 5 nitrogen and oxygen atoms in total. The maximum absolute atomic E-state index is 12.3. The Kier molecular flexibility index (Phi) is 6.21. The van der Waals surface area contributed by atoms with E-state index < -0.39 is 0 Å². The van der Waals surface area contributed by atoms with Crippen molar-refractivity contribution in [3.63, 3.8) is 0 Å². The first-order valence-corrected chi connectivity index (χ1v) is 8.01. The lowest BCUT2D eigenvalue weighted by atomic mass is 10.1. The van der Waals surface area contributed by atoms with Crippen LogP contribution in [0, 0.1) is 13.8 Å². The average Bonchev–Trinajstić information content (AvgIpc) is 2.52. The highest BCUT2D eigenvalue weighted by Gasteiger charge is 2.21. The molecule has 5 heteroatoms. The van der Waals surface area contributed by atoms with E-state index in [0.29, 0.717) is 0 Å². The van der Waals surface area contributed by atoms with E-state index in [0.717, 1.165) is 62.6 Å². The molecule has 2 N–H and O–H groups in total. The molecule has 0 bridgehead atoms. The first kappa shape index (κ1) is 16.8. The molecule has 122 valence electrons. The SMILES string of the molecule is Cc1cccc(C)c1OCC(=O)N1CCN(CCCN)CC1. The van der Waals surface area contributed by atoms with Crippen LogP contribution in [0.3, 0.4) is 0 Å². The number of rotatable bonds is 6. The van der Waals surface area contributed by atoms with E-state index in [-0.39, 0.29) is 12.5 Å². The molecule has 1 aromatic carbocycles. The Morgan fingerprint density at radius 3 is 2.41 bits per heavy atom. The van der Waals surface area contributed by atoms with Gasteiger partial charge in [0.15, 0.2) is 6.61 Å². The van der Waals surface area contributed by atoms with Gasteiger partial charge in [-0.05, 0) is 44.5 Å². The van der Waals surface area contributed by atoms with Crippen molar-refractivity contribution >= 4 is 5.91 Å². The Morgan fingerprint density at radius 1 is 1.18 bits per heavy atom. The van der Waals surface area contributed by atoms with Gasteiger partial charge < -0.3 is 15.4 Å². The van der Waals surface area contributed by atoms with Crippen LogP contribution in [0.4, 0.5) is 0 Å². The van der Waals surface area contributed by atoms with Gasteiger partial charge in [-0.15, -0.1) is 0 Å². The second-order valence-corrected chi connectivity index (χ2v) is 5.87. The third-order valence-corrected chi connectivity index (χ3v) is 4.15. The number of aryl methyl sites for hydroxylation is 2. The molecule has 1 fully saturated rings. The highest BCUT2D eigenvalue weighted by atomic mass is 16.5. The van der Waals surface area contributed by atoms with Crippen molar-refractivity contribution in [2.45, 2.75) is 20.3 Å². The highest BCUT2D eigenvalue weighted by Crippen LogP contribution is 2.22. The number of nitrogens with zero attached hydrogens (tertiary/aromatic N) is 2. The fraction of sp³-hybridized carbons (Fsp3) is 0.588. The Bertz CT molecular complexity index is 476. The van der Waals surface area contributed by atoms with Crippen molar-refractivity contribution in [3.05, 3.63) is 29.3 Å². The van der Waals surface area contributed by atoms with Crippen molar-refractivity contribution in [2.24, 2.45) is 5.73 Å². The molecule has 22 heavy (non-hydrogen) atoms. The number of piperazine rings is 1. The normalized spacial score (nSPS) is 15.9. The largest absolute Gasteiger partial charge is 0.483 e. The molecule has 1 aliphatic rings. The Balaban J connectivity index is 1.79. The van der Waals surface area contributed by atoms with Crippen LogP contribution in [-0.2, 0) is 4.79 Å². The second-order valence-electron chi connectivity index (χ2n) is 5.87. The minimum Gasteiger partial charge on any atom is -0.483 e. The minimum absolute atomic E-state index is 0.0705. The van der Waals surface area contributed by atoms with Gasteiger partial charge in [-0.25, -0.2) is 0 Å². The summed E-state index contributed by atoms with van der Waals surface area (Å²) in [7, 11) is 0. The van der Waals surface area contributed by atoms with Crippen molar-refractivity contribution in [2.75, 3.05) is 45.9 Å². The number of benzene rings is 1. The van der Waals surface area contributed by atoms with Gasteiger partial charge in [-0.1, -0.05) is 18.2 Å². The fourth-order valence-corrected chi connectivity index (χ4v) is 2.79. The number of ether oxygens (including phenoxy) is 1. The molecule has 0 unspecified atom stereocenters. The number of hydrogen-bond acceptors (Lipinski definition) is 4. The van der Waals surface area contributed by atoms with Crippen molar-refractivity contribution in [3.8, 4) is 5.75 Å². The molecule has 1 aromatic rings. The molecule has 1 heterocycles. The van der Waals surface area contributed by atoms with Crippen molar-refractivity contribution < 1.29 is 9.53 Å². The van der Waals surface area contributed by atoms with Gasteiger partial charge in [-0.2, -0.15) is 0 Å². The summed E-state index contributed by atoms with van der Waals surface area (Å²) in [6, 6.07) is 6.01. The van der Waals surface area contributed by atoms with E-state index in [2.05, 4.69) is 4.90 Å². The second kappa shape index (κ2) is 8.15. The smallest absolute Gasteiger partial charge is 0.260 e. The van der Waals surface area contributed by atoms with Crippen molar-refractivity contribution in [1.29, 1.82) is 0 Å². The van der Waals surface area contributed by atoms with Gasteiger partial charge in [0.2, 0.25) is 0 Å². The van der Waals surface area contributed by atoms with Gasteiger partial charge in [0.1, 0.15) is 5.75 Å². The molecule has 1 aliphatic heterocycles. The lowest BCUT2D eigenvalue weighted by molar-refractivity contribution is -0.135. The van der Waals surface area contributed by atoms with Crippen LogP contribution < -0.4 is 10.5 Å². The first-order valence-electron chi connectivity index (χ1n) is 8.01. The van der Waals surface area contributed by atoms with Gasteiger partial charge in [0, 0.05) is 26.2 Å². The van der Waals surface area contributed by atoms with Crippen LogP contribution in [0.25, 0.3) is 0 Å². The predicted molar refractivity (Wildman–Crippen MR) is 88.1 cm³/mol. The summed E-state index contributed by atoms with van der Waals surface area (Å²) in [5, 5.41) is 0. The Morgan fingerprint density at radius 2 is 1.82 bits per heavy atom. The highest BCUT2D eigenvalue weighted by molar-refractivity contribution is 5.78. The predicted octanol–water partition coefficient (Wildman–Crippen LogP) is 1.18. The third-order valence-electron chi connectivity index (χ3n) is 4.15. The Hall–Kier alpha value is -1.59. The summed E-state index contributed by atoms with van der Waals surface area (Å²) in [6.07, 6.45) is 1.02. The molecule has 1 amide bonds. The standard InChI is InChI=1S/C17H27N3O2/c1-14-5-3-6-15(2)17(14)22-13-16(21)20-11-9-19(10-12-20)8-4-7-18/h3,5-6H,4,7-13,18H2,1-2H3. The molecule has 2 rings (SSSR count). The van der Waals surface area contributed by atoms with Gasteiger partial charge in [0.25, 0.3) is 5.91 Å². The minimum atomic E-state index is 0.0705. The lowest BCUT2D eigenvalue weighted by Crippen LogP contribution is -2.50. The van der Waals surface area contributed by atoms with Crippen LogP contribution >= 0.6 is 0 Å². The van der Waals surface area contributed by atoms with Crippen LogP contribution in [0.5, 0.6) is 5.75 Å². The van der Waals surface area contributed by atoms with Gasteiger partial charge in [0.05, 0.1) is 0 Å². The van der Waals surface area contributed by atoms with E-state index in [9.17, 15) is 4.79 Å². The molecule has 0 radical (unpaired) electrons. The van der Waals surface area contributed by atoms with E-state index >= 15 is 0 Å². The number of hydrogen-bond donors (Lipinski definition) is 1. The number of para-hydroxylation sites is 1. The molecule has 0 aliphatic carbocycles. The number of carbonyl (C=O) groups is 1. The molecule has 0 aromatic heterocycles. The molecule has 0 spiro atoms. The summed E-state index contributed by atoms with van der Waals surface area (Å²) < 4.78 is 5.75. The van der Waals surface area contributed by atoms with Crippen LogP contribution in [0.1, 0.15) is 17.5 Å². The zero-order valence-corrected chi connectivity index (χ0v) is 13.7. The summed E-state index contributed by atoms with van der Waals surface area (Å²) >= 11 is 0. The quantitative estimate of drug-likeness (QED) is 0.857. The molecular formula is C17H27N3O2. The van der Waals surface area contributed by atoms with Crippen LogP contribution in [0.2, 0.25) is 0 Å². The molecule has 1 saturated heterocycles. The zero-order valence-electron chi connectivity index (χ0n) is 13.7. The molecule has 0 atom stereocenters. The number of nitrogens with two attached hydrogens (primary N) is 1. The van der Waals surface area contributed by atoms with Crippen LogP contribution in [-0.4, -0.2) is 61.6 Å². The Labute approximate surface area is 133 Å². The molecule has 0 saturated carbocycles. The van der Waals surface area contributed by atoms with E-state index in [1.807, 2.05) is 36.9 Å². The summed E-state index contributed by atoms with van der Waals surface area (Å²) in [5.41, 5.74) is 7.67. The lowest BCUT2D eigenvalue weighted by Gasteiger charge is -2.34. The van der Waals surface area contributed by atoms with Gasteiger partial charge in [-0.3, -0.25) is 9.69 Å². The monoisotopic (exact) mass is 305 g/mol. The van der Waals surface area contributed by atoms with Crippen LogP contribution in [0.15, 0.2) is 18.2 Å². The van der Waals surface area contributed by atoms with Crippen molar-refractivity contribution in [1.82, 2.24) is 9.80 Å². The first-order chi connectivity index (χ1) is 10.6. The topological polar surface area (TPSA) is 58.8 Å². The summed E-state index contributed by atoms with van der Waals surface area (Å²) in [5.74, 6) is 0.901. The maximum Gasteiger partial charge on any atom is 0.260 e. The van der Waals surface area contributed by atoms with E-state index in [4.69, 9.17) is 10.5 Å². The van der Waals surface area contributed by atoms with Gasteiger partial charge >= 0.3 is 0 Å². The number of amides is 1. The maximum atomic E-state index is 12.3. The van der Waals surface area contributed by atoms with E-state index in [1.165, 1.54) is 0 Å². The fourth-order valence-electron chi connectivity index (χ4n) is 2.79. The molecular weight excluding hydrogens is 278 g/mol. The third kappa shape index (κ3) is 4.45. The number of carbonyl (C=O) groups excluding carboxylic acids is 1. The zero-order chi connectivity index (χ0) is 15.9. The summed E-state index contributed by atoms with van der Waals surface area (Å²) in [6.45, 7) is 9.28.